The minimum Gasteiger partial charge on any atom is -0.478 e. The molecular formula is C26H22FNO3. The normalized spacial score (nSPS) is 16.6. The summed E-state index contributed by atoms with van der Waals surface area (Å²) in [6.45, 7) is 5.73. The Bertz CT molecular complexity index is 1210. The van der Waals surface area contributed by atoms with Crippen LogP contribution in [0.15, 0.2) is 60.4 Å². The van der Waals surface area contributed by atoms with Gasteiger partial charge in [0.05, 0.1) is 11.1 Å². The van der Waals surface area contributed by atoms with Crippen LogP contribution in [0.5, 0.6) is 11.5 Å². The molecule has 156 valence electrons. The van der Waals surface area contributed by atoms with Gasteiger partial charge in [0.1, 0.15) is 24.0 Å². The molecule has 0 amide bonds. The van der Waals surface area contributed by atoms with Crippen LogP contribution < -0.4 is 9.47 Å². The van der Waals surface area contributed by atoms with E-state index in [2.05, 4.69) is 36.1 Å². The minimum absolute atomic E-state index is 0.132. The Labute approximate surface area is 180 Å². The molecule has 0 radical (unpaired) electrons. The zero-order chi connectivity index (χ0) is 21.5. The van der Waals surface area contributed by atoms with Gasteiger partial charge in [0, 0.05) is 18.7 Å². The number of rotatable bonds is 3. The molecule has 0 saturated carbocycles. The van der Waals surface area contributed by atoms with E-state index in [9.17, 15) is 9.18 Å². The van der Waals surface area contributed by atoms with Gasteiger partial charge in [-0.2, -0.15) is 0 Å². The zero-order valence-corrected chi connectivity index (χ0v) is 17.4. The molecule has 2 aliphatic heterocycles. The smallest absolute Gasteiger partial charge is 0.232 e. The standard InChI is InChI=1S/C26H22FNO3/c1-16-7-9-18(10-8-16)13-28-14-20-22(30-15-28)11-17(2)24-25(29)23(31-26(20)24)12-19-5-3-4-6-21(19)27/h3-12H,13-15H2,1-2H3/b23-12-. The predicted molar refractivity (Wildman–Crippen MR) is 116 cm³/mol. The lowest BCUT2D eigenvalue weighted by atomic mass is 9.98. The second kappa shape index (κ2) is 7.67. The van der Waals surface area contributed by atoms with E-state index in [1.54, 1.807) is 18.2 Å². The third-order valence-electron chi connectivity index (χ3n) is 5.71. The van der Waals surface area contributed by atoms with Gasteiger partial charge in [-0.05, 0) is 43.2 Å². The van der Waals surface area contributed by atoms with Crippen LogP contribution in [0.25, 0.3) is 6.08 Å². The summed E-state index contributed by atoms with van der Waals surface area (Å²) in [5, 5.41) is 0. The number of ether oxygens (including phenoxy) is 2. The number of hydrogen-bond donors (Lipinski definition) is 0. The molecule has 2 aliphatic rings. The van der Waals surface area contributed by atoms with Gasteiger partial charge in [-0.1, -0.05) is 48.0 Å². The highest BCUT2D eigenvalue weighted by Crippen LogP contribution is 2.44. The Morgan fingerprint density at radius 3 is 2.65 bits per heavy atom. The number of nitrogens with zero attached hydrogens (tertiary/aromatic N) is 1. The number of aryl methyl sites for hydroxylation is 2. The molecule has 0 aliphatic carbocycles. The fraction of sp³-hybridized carbons (Fsp3) is 0.192. The summed E-state index contributed by atoms with van der Waals surface area (Å²) in [6.07, 6.45) is 1.47. The number of ketones is 1. The minimum atomic E-state index is -0.395. The van der Waals surface area contributed by atoms with Gasteiger partial charge >= 0.3 is 0 Å². The van der Waals surface area contributed by atoms with Gasteiger partial charge < -0.3 is 9.47 Å². The van der Waals surface area contributed by atoms with Crippen LogP contribution in [0.1, 0.15) is 38.2 Å². The molecule has 3 aromatic rings. The van der Waals surface area contributed by atoms with Crippen LogP contribution in [-0.2, 0) is 13.1 Å². The number of hydrogen-bond acceptors (Lipinski definition) is 4. The molecule has 0 bridgehead atoms. The predicted octanol–water partition coefficient (Wildman–Crippen LogP) is 5.41. The van der Waals surface area contributed by atoms with E-state index in [-0.39, 0.29) is 11.5 Å². The first-order valence-electron chi connectivity index (χ1n) is 10.3. The van der Waals surface area contributed by atoms with Crippen molar-refractivity contribution < 1.29 is 18.7 Å². The fourth-order valence-corrected chi connectivity index (χ4v) is 4.06. The summed E-state index contributed by atoms with van der Waals surface area (Å²) >= 11 is 0. The number of Topliss-reactive ketones (excluding diaryl/α,β-unsaturated/α-hetero) is 1. The van der Waals surface area contributed by atoms with Crippen LogP contribution in [0, 0.1) is 19.7 Å². The van der Waals surface area contributed by atoms with Crippen molar-refractivity contribution in [1.82, 2.24) is 4.90 Å². The SMILES string of the molecule is Cc1ccc(CN2COc3cc(C)c4c(c3C2)O/C(=C\c2ccccc2F)C4=O)cc1. The van der Waals surface area contributed by atoms with Crippen molar-refractivity contribution in [2.75, 3.05) is 6.73 Å². The first-order chi connectivity index (χ1) is 15.0. The third kappa shape index (κ3) is 3.62. The maximum absolute atomic E-state index is 14.1. The number of carbonyl (C=O) groups is 1. The number of carbonyl (C=O) groups excluding carboxylic acids is 1. The maximum atomic E-state index is 14.1. The van der Waals surface area contributed by atoms with E-state index < -0.39 is 5.82 Å². The van der Waals surface area contributed by atoms with Gasteiger partial charge in [0.2, 0.25) is 5.78 Å². The molecule has 0 unspecified atom stereocenters. The van der Waals surface area contributed by atoms with Crippen molar-refractivity contribution in [2.24, 2.45) is 0 Å². The number of halogens is 1. The van der Waals surface area contributed by atoms with Crippen LogP contribution in [0.3, 0.4) is 0 Å². The second-order valence-electron chi connectivity index (χ2n) is 8.08. The molecule has 0 fully saturated rings. The number of benzene rings is 3. The van der Waals surface area contributed by atoms with Crippen molar-refractivity contribution in [3.63, 3.8) is 0 Å². The monoisotopic (exact) mass is 415 g/mol. The van der Waals surface area contributed by atoms with E-state index in [1.807, 2.05) is 13.0 Å². The van der Waals surface area contributed by atoms with Gasteiger partial charge in [0.25, 0.3) is 0 Å². The van der Waals surface area contributed by atoms with Crippen molar-refractivity contribution >= 4 is 11.9 Å². The highest BCUT2D eigenvalue weighted by Gasteiger charge is 2.35. The van der Waals surface area contributed by atoms with E-state index in [4.69, 9.17) is 9.47 Å². The molecule has 0 aromatic heterocycles. The zero-order valence-electron chi connectivity index (χ0n) is 17.4. The highest BCUT2D eigenvalue weighted by atomic mass is 19.1. The van der Waals surface area contributed by atoms with Gasteiger partial charge in [0.15, 0.2) is 5.76 Å². The van der Waals surface area contributed by atoms with Crippen LogP contribution in [0.2, 0.25) is 0 Å². The lowest BCUT2D eigenvalue weighted by molar-refractivity contribution is 0.0872. The molecule has 0 N–H and O–H groups in total. The molecule has 5 heteroatoms. The molecule has 0 spiro atoms. The number of fused-ring (bicyclic) bond motifs is 3. The van der Waals surface area contributed by atoms with E-state index in [1.165, 1.54) is 23.3 Å². The third-order valence-corrected chi connectivity index (χ3v) is 5.71. The van der Waals surface area contributed by atoms with Gasteiger partial charge in [-0.3, -0.25) is 9.69 Å². The summed E-state index contributed by atoms with van der Waals surface area (Å²) in [5.74, 6) is 0.766. The summed E-state index contributed by atoms with van der Waals surface area (Å²) in [7, 11) is 0. The van der Waals surface area contributed by atoms with Crippen LogP contribution >= 0.6 is 0 Å². The van der Waals surface area contributed by atoms with E-state index in [0.29, 0.717) is 30.2 Å². The lowest BCUT2D eigenvalue weighted by Gasteiger charge is -2.30. The van der Waals surface area contributed by atoms with Crippen molar-refractivity contribution in [3.8, 4) is 11.5 Å². The Morgan fingerprint density at radius 2 is 1.87 bits per heavy atom. The first-order valence-corrected chi connectivity index (χ1v) is 10.3. The molecule has 31 heavy (non-hydrogen) atoms. The average molecular weight is 415 g/mol. The van der Waals surface area contributed by atoms with Gasteiger partial charge in [-0.15, -0.1) is 0 Å². The summed E-state index contributed by atoms with van der Waals surface area (Å²) in [6, 6.07) is 16.6. The molecule has 0 atom stereocenters. The van der Waals surface area contributed by atoms with Crippen molar-refractivity contribution in [3.05, 3.63) is 99.6 Å². The Kier molecular flexibility index (Phi) is 4.83. The second-order valence-corrected chi connectivity index (χ2v) is 8.08. The molecule has 2 heterocycles. The molecule has 5 rings (SSSR count). The van der Waals surface area contributed by atoms with Crippen LogP contribution in [0.4, 0.5) is 4.39 Å². The number of allylic oxidation sites excluding steroid dienone is 1. The Hall–Kier alpha value is -3.44. The van der Waals surface area contributed by atoms with Crippen molar-refractivity contribution in [2.45, 2.75) is 26.9 Å². The lowest BCUT2D eigenvalue weighted by Crippen LogP contribution is -2.31. The molecule has 4 nitrogen and oxygen atoms in total. The first kappa shape index (κ1) is 19.5. The Morgan fingerprint density at radius 1 is 1.10 bits per heavy atom. The summed E-state index contributed by atoms with van der Waals surface area (Å²) in [5.41, 5.74) is 4.91. The van der Waals surface area contributed by atoms with Crippen LogP contribution in [-0.4, -0.2) is 17.4 Å². The highest BCUT2D eigenvalue weighted by molar-refractivity contribution is 6.15. The van der Waals surface area contributed by atoms with E-state index >= 15 is 0 Å². The average Bonchev–Trinajstić information content (AvgIpc) is 3.09. The molecule has 0 saturated heterocycles. The Balaban J connectivity index is 1.47. The fourth-order valence-electron chi connectivity index (χ4n) is 4.06. The largest absolute Gasteiger partial charge is 0.478 e. The van der Waals surface area contributed by atoms with Crippen molar-refractivity contribution in [1.29, 1.82) is 0 Å². The molecule has 3 aromatic carbocycles. The topological polar surface area (TPSA) is 38.8 Å². The quantitative estimate of drug-likeness (QED) is 0.536. The molecular weight excluding hydrogens is 393 g/mol. The summed E-state index contributed by atoms with van der Waals surface area (Å²) < 4.78 is 26.1. The van der Waals surface area contributed by atoms with Gasteiger partial charge in [-0.25, -0.2) is 4.39 Å². The maximum Gasteiger partial charge on any atom is 0.232 e. The van der Waals surface area contributed by atoms with E-state index in [0.717, 1.165) is 23.4 Å². The summed E-state index contributed by atoms with van der Waals surface area (Å²) in [4.78, 5) is 15.2.